The third-order valence-corrected chi connectivity index (χ3v) is 5.63. The molecule has 0 saturated carbocycles. The summed E-state index contributed by atoms with van der Waals surface area (Å²) in [6.45, 7) is 0.558. The van der Waals surface area contributed by atoms with Gasteiger partial charge in [-0.25, -0.2) is 0 Å². The maximum Gasteiger partial charge on any atom is 0.238 e. The Hall–Kier alpha value is -2.24. The van der Waals surface area contributed by atoms with Crippen LogP contribution in [0.4, 0.5) is 5.69 Å². The number of nitrogens with two attached hydrogens (primary N) is 1. The summed E-state index contributed by atoms with van der Waals surface area (Å²) in [4.78, 5) is 14.9. The first-order valence-electron chi connectivity index (χ1n) is 7.59. The molecule has 2 aromatic carbocycles. The molecule has 122 valence electrons. The Kier molecular flexibility index (Phi) is 5.56. The van der Waals surface area contributed by atoms with Gasteiger partial charge in [0.05, 0.1) is 6.54 Å². The fraction of sp³-hybridized carbons (Fsp3) is 0.105. The van der Waals surface area contributed by atoms with Crippen molar-refractivity contribution in [2.75, 3.05) is 5.73 Å². The van der Waals surface area contributed by atoms with Crippen LogP contribution in [0.2, 0.25) is 0 Å². The molecule has 3 N–H and O–H groups in total. The molecule has 3 aromatic rings. The van der Waals surface area contributed by atoms with Crippen LogP contribution in [0, 0.1) is 0 Å². The number of carbonyl (C=O) groups excluding carboxylic acids is 1. The lowest BCUT2D eigenvalue weighted by molar-refractivity contribution is -0.120. The topological polar surface area (TPSA) is 55.1 Å². The van der Waals surface area contributed by atoms with Crippen LogP contribution in [0.5, 0.6) is 0 Å². The molecule has 0 bridgehead atoms. The second kappa shape index (κ2) is 8.04. The van der Waals surface area contributed by atoms with E-state index < -0.39 is 0 Å². The van der Waals surface area contributed by atoms with Gasteiger partial charge in [0.15, 0.2) is 0 Å². The molecular formula is C19H18N2OS2. The molecule has 1 atom stereocenters. The van der Waals surface area contributed by atoms with Gasteiger partial charge in [0.25, 0.3) is 0 Å². The van der Waals surface area contributed by atoms with E-state index in [-0.39, 0.29) is 11.2 Å². The lowest BCUT2D eigenvalue weighted by atomic mass is 10.1. The lowest BCUT2D eigenvalue weighted by Gasteiger charge is -2.17. The summed E-state index contributed by atoms with van der Waals surface area (Å²) >= 11 is 3.17. The van der Waals surface area contributed by atoms with Gasteiger partial charge >= 0.3 is 0 Å². The number of amides is 1. The molecule has 3 rings (SSSR count). The van der Waals surface area contributed by atoms with E-state index in [1.54, 1.807) is 11.3 Å². The fourth-order valence-corrected chi connectivity index (χ4v) is 3.96. The number of carbonyl (C=O) groups is 1. The Bertz CT molecular complexity index is 771. The van der Waals surface area contributed by atoms with Gasteiger partial charge in [-0.15, -0.1) is 23.1 Å². The molecule has 0 saturated heterocycles. The van der Waals surface area contributed by atoms with Gasteiger partial charge < -0.3 is 11.1 Å². The third kappa shape index (κ3) is 4.40. The highest BCUT2D eigenvalue weighted by Gasteiger charge is 2.21. The maximum absolute atomic E-state index is 12.8. The highest BCUT2D eigenvalue weighted by Crippen LogP contribution is 2.35. The van der Waals surface area contributed by atoms with E-state index in [0.717, 1.165) is 21.0 Å². The minimum Gasteiger partial charge on any atom is -0.399 e. The zero-order valence-corrected chi connectivity index (χ0v) is 14.6. The smallest absolute Gasteiger partial charge is 0.238 e. The van der Waals surface area contributed by atoms with Crippen molar-refractivity contribution in [2.45, 2.75) is 16.7 Å². The van der Waals surface area contributed by atoms with E-state index >= 15 is 0 Å². The molecule has 5 heteroatoms. The molecule has 1 amide bonds. The Labute approximate surface area is 149 Å². The van der Waals surface area contributed by atoms with Crippen molar-refractivity contribution < 1.29 is 4.79 Å². The molecular weight excluding hydrogens is 336 g/mol. The number of rotatable bonds is 6. The number of thiophene rings is 1. The number of nitrogens with one attached hydrogen (secondary N) is 1. The highest BCUT2D eigenvalue weighted by atomic mass is 32.2. The van der Waals surface area contributed by atoms with Gasteiger partial charge in [0.1, 0.15) is 5.25 Å². The van der Waals surface area contributed by atoms with Crippen LogP contribution in [0.25, 0.3) is 0 Å². The Morgan fingerprint density at radius 2 is 1.79 bits per heavy atom. The van der Waals surface area contributed by atoms with Crippen molar-refractivity contribution in [2.24, 2.45) is 0 Å². The number of thioether (sulfide) groups is 1. The number of benzene rings is 2. The van der Waals surface area contributed by atoms with Crippen molar-refractivity contribution in [1.82, 2.24) is 5.32 Å². The summed E-state index contributed by atoms with van der Waals surface area (Å²) in [5, 5.41) is 4.76. The van der Waals surface area contributed by atoms with Gasteiger partial charge in [0, 0.05) is 15.5 Å². The molecule has 1 unspecified atom stereocenters. The van der Waals surface area contributed by atoms with Gasteiger partial charge in [-0.1, -0.05) is 36.4 Å². The molecule has 3 nitrogen and oxygen atoms in total. The zero-order chi connectivity index (χ0) is 16.8. The van der Waals surface area contributed by atoms with Crippen LogP contribution in [-0.2, 0) is 11.3 Å². The number of anilines is 1. The summed E-state index contributed by atoms with van der Waals surface area (Å²) in [5.74, 6) is 0.0106. The highest BCUT2D eigenvalue weighted by molar-refractivity contribution is 8.00. The maximum atomic E-state index is 12.8. The lowest BCUT2D eigenvalue weighted by Crippen LogP contribution is -2.27. The minimum absolute atomic E-state index is 0.0106. The average Bonchev–Trinajstić information content (AvgIpc) is 3.13. The molecule has 0 aliphatic carbocycles. The Morgan fingerprint density at radius 1 is 1.04 bits per heavy atom. The predicted molar refractivity (Wildman–Crippen MR) is 102 cm³/mol. The summed E-state index contributed by atoms with van der Waals surface area (Å²) in [7, 11) is 0. The quantitative estimate of drug-likeness (QED) is 0.507. The molecule has 0 fully saturated rings. The largest absolute Gasteiger partial charge is 0.399 e. The monoisotopic (exact) mass is 354 g/mol. The fourth-order valence-electron chi connectivity index (χ4n) is 2.26. The second-order valence-corrected chi connectivity index (χ2v) is 7.49. The first kappa shape index (κ1) is 16.6. The normalized spacial score (nSPS) is 11.8. The van der Waals surface area contributed by atoms with Crippen LogP contribution in [0.1, 0.15) is 15.7 Å². The summed E-state index contributed by atoms with van der Waals surface area (Å²) < 4.78 is 0. The Balaban J connectivity index is 1.76. The van der Waals surface area contributed by atoms with Crippen LogP contribution < -0.4 is 11.1 Å². The van der Waals surface area contributed by atoms with Gasteiger partial charge in [-0.3, -0.25) is 4.79 Å². The van der Waals surface area contributed by atoms with Crippen molar-refractivity contribution >= 4 is 34.7 Å². The van der Waals surface area contributed by atoms with E-state index in [0.29, 0.717) is 6.54 Å². The average molecular weight is 355 g/mol. The zero-order valence-electron chi connectivity index (χ0n) is 13.0. The van der Waals surface area contributed by atoms with E-state index in [4.69, 9.17) is 5.73 Å². The second-order valence-electron chi connectivity index (χ2n) is 5.27. The van der Waals surface area contributed by atoms with Crippen molar-refractivity contribution in [3.05, 3.63) is 82.6 Å². The first-order valence-corrected chi connectivity index (χ1v) is 9.35. The number of hydrogen-bond donors (Lipinski definition) is 2. The molecule has 24 heavy (non-hydrogen) atoms. The molecule has 0 radical (unpaired) electrons. The molecule has 1 aromatic heterocycles. The van der Waals surface area contributed by atoms with Crippen LogP contribution in [0.3, 0.4) is 0 Å². The van der Waals surface area contributed by atoms with Crippen LogP contribution in [-0.4, -0.2) is 5.91 Å². The third-order valence-electron chi connectivity index (χ3n) is 3.49. The SMILES string of the molecule is Nc1ccc(SC(C(=O)NCc2cccs2)c2ccccc2)cc1. The van der Waals surface area contributed by atoms with Crippen molar-refractivity contribution in [1.29, 1.82) is 0 Å². The van der Waals surface area contributed by atoms with Gasteiger partial charge in [-0.05, 0) is 41.3 Å². The van der Waals surface area contributed by atoms with Crippen molar-refractivity contribution in [3.63, 3.8) is 0 Å². The first-order chi connectivity index (χ1) is 11.7. The van der Waals surface area contributed by atoms with Crippen LogP contribution in [0.15, 0.2) is 77.0 Å². The van der Waals surface area contributed by atoms with Gasteiger partial charge in [0.2, 0.25) is 5.91 Å². The van der Waals surface area contributed by atoms with Gasteiger partial charge in [-0.2, -0.15) is 0 Å². The van der Waals surface area contributed by atoms with E-state index in [1.807, 2.05) is 72.1 Å². The number of nitrogen functional groups attached to an aromatic ring is 1. The molecule has 0 spiro atoms. The predicted octanol–water partition coefficient (Wildman–Crippen LogP) is 4.48. The summed E-state index contributed by atoms with van der Waals surface area (Å²) in [6.07, 6.45) is 0. The standard InChI is InChI=1S/C19H18N2OS2/c20-15-8-10-16(11-9-15)24-18(14-5-2-1-3-6-14)19(22)21-13-17-7-4-12-23-17/h1-12,18H,13,20H2,(H,21,22). The number of hydrogen-bond acceptors (Lipinski definition) is 4. The molecule has 0 aliphatic heterocycles. The minimum atomic E-state index is -0.296. The van der Waals surface area contributed by atoms with Crippen LogP contribution >= 0.6 is 23.1 Å². The summed E-state index contributed by atoms with van der Waals surface area (Å²) in [6, 6.07) is 21.5. The van der Waals surface area contributed by atoms with Crippen molar-refractivity contribution in [3.8, 4) is 0 Å². The van der Waals surface area contributed by atoms with E-state index in [1.165, 1.54) is 11.8 Å². The molecule has 1 heterocycles. The van der Waals surface area contributed by atoms with E-state index in [9.17, 15) is 4.79 Å². The van der Waals surface area contributed by atoms with E-state index in [2.05, 4.69) is 5.32 Å². The summed E-state index contributed by atoms with van der Waals surface area (Å²) in [5.41, 5.74) is 7.45. The Morgan fingerprint density at radius 3 is 2.46 bits per heavy atom. The molecule has 0 aliphatic rings.